The van der Waals surface area contributed by atoms with E-state index in [-0.39, 0.29) is 0 Å². The Morgan fingerprint density at radius 3 is 2.86 bits per heavy atom. The van der Waals surface area contributed by atoms with Gasteiger partial charge in [0, 0.05) is 12.0 Å². The lowest BCUT2D eigenvalue weighted by atomic mass is 9.58. The van der Waals surface area contributed by atoms with E-state index >= 15 is 0 Å². The van der Waals surface area contributed by atoms with Gasteiger partial charge in [-0.3, -0.25) is 0 Å². The maximum atomic E-state index is 3.55. The Morgan fingerprint density at radius 1 is 1.36 bits per heavy atom. The maximum absolute atomic E-state index is 3.55. The van der Waals surface area contributed by atoms with Crippen molar-refractivity contribution in [2.24, 2.45) is 5.92 Å². The molecule has 0 aromatic heterocycles. The molecule has 2 unspecified atom stereocenters. The number of hydrogen-bond acceptors (Lipinski definition) is 1. The first-order chi connectivity index (χ1) is 6.83. The molecule has 1 aliphatic carbocycles. The molecule has 0 radical (unpaired) electrons. The molecule has 1 heteroatoms. The van der Waals surface area contributed by atoms with Gasteiger partial charge in [-0.2, -0.15) is 0 Å². The molecule has 3 rings (SSSR count). The van der Waals surface area contributed by atoms with Crippen LogP contribution in [0.4, 0.5) is 0 Å². The number of rotatable bonds is 1. The van der Waals surface area contributed by atoms with Crippen LogP contribution >= 0.6 is 0 Å². The smallest absolute Gasteiger partial charge is 0.0121 e. The highest BCUT2D eigenvalue weighted by Gasteiger charge is 2.51. The lowest BCUT2D eigenvalue weighted by molar-refractivity contribution is 0.181. The van der Waals surface area contributed by atoms with Gasteiger partial charge < -0.3 is 5.32 Å². The van der Waals surface area contributed by atoms with Crippen LogP contribution in [0.1, 0.15) is 24.0 Å². The summed E-state index contributed by atoms with van der Waals surface area (Å²) in [7, 11) is 0. The van der Waals surface area contributed by atoms with Crippen molar-refractivity contribution in [3.05, 3.63) is 35.4 Å². The molecule has 1 N–H and O–H groups in total. The Hall–Kier alpha value is -0.820. The Labute approximate surface area is 85.5 Å². The number of aryl methyl sites for hydroxylation is 1. The minimum absolute atomic E-state index is 0.505. The van der Waals surface area contributed by atoms with Crippen LogP contribution in [0.25, 0.3) is 0 Å². The third-order valence-corrected chi connectivity index (χ3v) is 4.23. The summed E-state index contributed by atoms with van der Waals surface area (Å²) in [4.78, 5) is 0. The number of nitrogens with one attached hydrogen (secondary N) is 1. The summed E-state index contributed by atoms with van der Waals surface area (Å²) in [5, 5.41) is 3.55. The molecule has 0 amide bonds. The summed E-state index contributed by atoms with van der Waals surface area (Å²) in [5.74, 6) is 0.906. The third kappa shape index (κ3) is 0.936. The van der Waals surface area contributed by atoms with E-state index in [4.69, 9.17) is 0 Å². The van der Waals surface area contributed by atoms with E-state index in [0.717, 1.165) is 5.92 Å². The van der Waals surface area contributed by atoms with Crippen LogP contribution in [0.2, 0.25) is 0 Å². The normalized spacial score (nSPS) is 35.1. The molecule has 1 nitrogen and oxygen atoms in total. The minimum atomic E-state index is 0.505. The lowest BCUT2D eigenvalue weighted by Crippen LogP contribution is -2.44. The fourth-order valence-electron chi connectivity index (χ4n) is 3.28. The van der Waals surface area contributed by atoms with Crippen LogP contribution < -0.4 is 5.32 Å². The maximum Gasteiger partial charge on any atom is 0.0121 e. The van der Waals surface area contributed by atoms with Crippen molar-refractivity contribution in [3.63, 3.8) is 0 Å². The Morgan fingerprint density at radius 2 is 2.21 bits per heavy atom. The van der Waals surface area contributed by atoms with Crippen molar-refractivity contribution in [2.75, 3.05) is 13.1 Å². The molecule has 2 atom stereocenters. The molecule has 2 aliphatic rings. The number of benzene rings is 1. The molecular weight excluding hydrogens is 170 g/mol. The van der Waals surface area contributed by atoms with E-state index in [2.05, 4.69) is 36.5 Å². The van der Waals surface area contributed by atoms with Crippen LogP contribution in [0, 0.1) is 12.8 Å². The standard InChI is InChI=1S/C13H17N/c1-10-4-2-3-5-12(10)13-7-6-11(13)8-14-9-13/h2-5,11,14H,6-9H2,1H3. The monoisotopic (exact) mass is 187 g/mol. The number of hydrogen-bond donors (Lipinski definition) is 1. The summed E-state index contributed by atoms with van der Waals surface area (Å²) in [6.07, 6.45) is 2.80. The summed E-state index contributed by atoms with van der Waals surface area (Å²) in [5.41, 5.74) is 3.58. The highest BCUT2D eigenvalue weighted by Crippen LogP contribution is 2.51. The summed E-state index contributed by atoms with van der Waals surface area (Å²) in [6, 6.07) is 8.91. The van der Waals surface area contributed by atoms with Gasteiger partial charge in [0.15, 0.2) is 0 Å². The average Bonchev–Trinajstić information content (AvgIpc) is 2.45. The fourth-order valence-corrected chi connectivity index (χ4v) is 3.28. The molecule has 1 aliphatic heterocycles. The molecule has 14 heavy (non-hydrogen) atoms. The highest BCUT2D eigenvalue weighted by atomic mass is 15.0. The molecule has 1 aromatic rings. The molecular formula is C13H17N. The van der Waals surface area contributed by atoms with Gasteiger partial charge in [0.25, 0.3) is 0 Å². The minimum Gasteiger partial charge on any atom is -0.316 e. The van der Waals surface area contributed by atoms with Crippen LogP contribution in [0.5, 0.6) is 0 Å². The second-order valence-corrected chi connectivity index (χ2v) is 4.84. The van der Waals surface area contributed by atoms with E-state index in [1.54, 1.807) is 5.56 Å². The summed E-state index contributed by atoms with van der Waals surface area (Å²) in [6.45, 7) is 4.68. The topological polar surface area (TPSA) is 12.0 Å². The molecule has 1 aromatic carbocycles. The van der Waals surface area contributed by atoms with E-state index in [1.165, 1.54) is 31.5 Å². The zero-order valence-electron chi connectivity index (χ0n) is 8.72. The van der Waals surface area contributed by atoms with Crippen LogP contribution in [0.3, 0.4) is 0 Å². The Balaban J connectivity index is 2.06. The molecule has 1 saturated carbocycles. The van der Waals surface area contributed by atoms with Gasteiger partial charge in [-0.1, -0.05) is 24.3 Å². The summed E-state index contributed by atoms with van der Waals surface area (Å²) < 4.78 is 0. The van der Waals surface area contributed by atoms with Crippen molar-refractivity contribution >= 4 is 0 Å². The SMILES string of the molecule is Cc1ccccc1C12CCC1CNC2. The van der Waals surface area contributed by atoms with Crippen molar-refractivity contribution in [1.29, 1.82) is 0 Å². The first-order valence-electron chi connectivity index (χ1n) is 5.60. The van der Waals surface area contributed by atoms with Gasteiger partial charge in [-0.05, 0) is 43.4 Å². The van der Waals surface area contributed by atoms with Crippen LogP contribution in [-0.2, 0) is 5.41 Å². The van der Waals surface area contributed by atoms with Crippen LogP contribution in [-0.4, -0.2) is 13.1 Å². The van der Waals surface area contributed by atoms with Crippen molar-refractivity contribution in [3.8, 4) is 0 Å². The van der Waals surface area contributed by atoms with Gasteiger partial charge in [0.05, 0.1) is 0 Å². The van der Waals surface area contributed by atoms with E-state index in [1.807, 2.05) is 0 Å². The van der Waals surface area contributed by atoms with Gasteiger partial charge in [-0.15, -0.1) is 0 Å². The van der Waals surface area contributed by atoms with E-state index < -0.39 is 0 Å². The van der Waals surface area contributed by atoms with Crippen LogP contribution in [0.15, 0.2) is 24.3 Å². The fraction of sp³-hybridized carbons (Fsp3) is 0.538. The van der Waals surface area contributed by atoms with Gasteiger partial charge in [-0.25, -0.2) is 0 Å². The molecule has 0 spiro atoms. The van der Waals surface area contributed by atoms with E-state index in [0.29, 0.717) is 5.41 Å². The Kier molecular flexibility index (Phi) is 1.72. The van der Waals surface area contributed by atoms with Crippen molar-refractivity contribution in [1.82, 2.24) is 5.32 Å². The van der Waals surface area contributed by atoms with E-state index in [9.17, 15) is 0 Å². The predicted molar refractivity (Wildman–Crippen MR) is 58.5 cm³/mol. The van der Waals surface area contributed by atoms with Gasteiger partial charge in [0.1, 0.15) is 0 Å². The zero-order valence-corrected chi connectivity index (χ0v) is 8.72. The number of fused-ring (bicyclic) bond motifs is 1. The molecule has 74 valence electrons. The zero-order chi connectivity index (χ0) is 9.60. The molecule has 2 fully saturated rings. The van der Waals surface area contributed by atoms with Crippen molar-refractivity contribution in [2.45, 2.75) is 25.2 Å². The van der Waals surface area contributed by atoms with Gasteiger partial charge in [0.2, 0.25) is 0 Å². The highest BCUT2D eigenvalue weighted by molar-refractivity contribution is 5.38. The first-order valence-corrected chi connectivity index (χ1v) is 5.60. The first kappa shape index (κ1) is 8.49. The molecule has 1 heterocycles. The average molecular weight is 187 g/mol. The predicted octanol–water partition coefficient (Wildman–Crippen LogP) is 2.25. The second kappa shape index (κ2) is 2.83. The molecule has 0 bridgehead atoms. The van der Waals surface area contributed by atoms with Gasteiger partial charge >= 0.3 is 0 Å². The molecule has 1 saturated heterocycles. The Bertz CT molecular complexity index is 358. The summed E-state index contributed by atoms with van der Waals surface area (Å²) >= 11 is 0. The largest absolute Gasteiger partial charge is 0.316 e. The second-order valence-electron chi connectivity index (χ2n) is 4.84. The lowest BCUT2D eigenvalue weighted by Gasteiger charge is -2.45. The van der Waals surface area contributed by atoms with Crippen molar-refractivity contribution < 1.29 is 0 Å². The quantitative estimate of drug-likeness (QED) is 0.711. The third-order valence-electron chi connectivity index (χ3n) is 4.23.